The number of aromatic amines is 1. The standard InChI is InChI=1S/C14H15N3O3/c1-8-6-17(7-10(8)14(19)20)13(18)12-9-4-2-3-5-11(9)15-16-12/h2-5,8,10H,6-7H2,1H3,(H,15,16)(H,19,20)/t8-,10-/m1/s1. The van der Waals surface area contributed by atoms with Crippen LogP contribution in [0.2, 0.25) is 0 Å². The van der Waals surface area contributed by atoms with Gasteiger partial charge in [0.05, 0.1) is 11.4 Å². The molecule has 0 spiro atoms. The fraction of sp³-hybridized carbons (Fsp3) is 0.357. The lowest BCUT2D eigenvalue weighted by Crippen LogP contribution is -2.30. The number of hydrogen-bond donors (Lipinski definition) is 2. The van der Waals surface area contributed by atoms with E-state index in [-0.39, 0.29) is 18.4 Å². The average molecular weight is 273 g/mol. The Bertz CT molecular complexity index is 679. The highest BCUT2D eigenvalue weighted by molar-refractivity contribution is 6.04. The van der Waals surface area contributed by atoms with Crippen LogP contribution in [-0.4, -0.2) is 45.2 Å². The zero-order valence-corrected chi connectivity index (χ0v) is 11.0. The summed E-state index contributed by atoms with van der Waals surface area (Å²) in [5.41, 5.74) is 1.16. The molecule has 0 bridgehead atoms. The van der Waals surface area contributed by atoms with E-state index in [0.29, 0.717) is 12.2 Å². The number of carbonyl (C=O) groups excluding carboxylic acids is 1. The number of rotatable bonds is 2. The molecular weight excluding hydrogens is 258 g/mol. The maximum Gasteiger partial charge on any atom is 0.308 e. The van der Waals surface area contributed by atoms with Gasteiger partial charge in [0.25, 0.3) is 5.91 Å². The van der Waals surface area contributed by atoms with Crippen molar-refractivity contribution in [2.45, 2.75) is 6.92 Å². The molecule has 1 aliphatic rings. The number of para-hydroxylation sites is 1. The van der Waals surface area contributed by atoms with Crippen molar-refractivity contribution in [1.82, 2.24) is 15.1 Å². The molecule has 0 aliphatic carbocycles. The lowest BCUT2D eigenvalue weighted by atomic mass is 9.99. The summed E-state index contributed by atoms with van der Waals surface area (Å²) in [4.78, 5) is 25.2. The summed E-state index contributed by atoms with van der Waals surface area (Å²) < 4.78 is 0. The molecule has 1 fully saturated rings. The van der Waals surface area contributed by atoms with Gasteiger partial charge < -0.3 is 10.0 Å². The predicted molar refractivity (Wildman–Crippen MR) is 72.3 cm³/mol. The first-order valence-corrected chi connectivity index (χ1v) is 6.53. The molecule has 2 heterocycles. The summed E-state index contributed by atoms with van der Waals surface area (Å²) in [7, 11) is 0. The number of likely N-dealkylation sites (tertiary alicyclic amines) is 1. The van der Waals surface area contributed by atoms with E-state index in [9.17, 15) is 9.59 Å². The molecule has 20 heavy (non-hydrogen) atoms. The molecule has 1 aliphatic heterocycles. The van der Waals surface area contributed by atoms with E-state index < -0.39 is 11.9 Å². The molecule has 0 saturated carbocycles. The zero-order valence-electron chi connectivity index (χ0n) is 11.0. The van der Waals surface area contributed by atoms with Gasteiger partial charge in [0, 0.05) is 18.5 Å². The van der Waals surface area contributed by atoms with Gasteiger partial charge >= 0.3 is 5.97 Å². The van der Waals surface area contributed by atoms with Crippen molar-refractivity contribution in [3.05, 3.63) is 30.0 Å². The number of benzene rings is 1. The van der Waals surface area contributed by atoms with E-state index >= 15 is 0 Å². The number of amides is 1. The summed E-state index contributed by atoms with van der Waals surface area (Å²) in [6.07, 6.45) is 0. The van der Waals surface area contributed by atoms with Crippen molar-refractivity contribution in [3.63, 3.8) is 0 Å². The molecule has 2 atom stereocenters. The van der Waals surface area contributed by atoms with Gasteiger partial charge in [0.15, 0.2) is 5.69 Å². The summed E-state index contributed by atoms with van der Waals surface area (Å²) in [5, 5.41) is 16.8. The van der Waals surface area contributed by atoms with Gasteiger partial charge in [-0.2, -0.15) is 5.10 Å². The second kappa shape index (κ2) is 4.63. The van der Waals surface area contributed by atoms with Crippen LogP contribution in [0.4, 0.5) is 0 Å². The number of hydrogen-bond acceptors (Lipinski definition) is 3. The van der Waals surface area contributed by atoms with Crippen molar-refractivity contribution in [2.75, 3.05) is 13.1 Å². The second-order valence-electron chi connectivity index (χ2n) is 5.25. The van der Waals surface area contributed by atoms with Crippen molar-refractivity contribution < 1.29 is 14.7 Å². The van der Waals surface area contributed by atoms with Gasteiger partial charge in [0.2, 0.25) is 0 Å². The number of fused-ring (bicyclic) bond motifs is 1. The number of aliphatic carboxylic acids is 1. The Kier molecular flexibility index (Phi) is 2.93. The van der Waals surface area contributed by atoms with Crippen LogP contribution in [-0.2, 0) is 4.79 Å². The first-order chi connectivity index (χ1) is 9.58. The molecule has 3 rings (SSSR count). The minimum absolute atomic E-state index is 0.0401. The Labute approximate surface area is 115 Å². The van der Waals surface area contributed by atoms with Crippen LogP contribution < -0.4 is 0 Å². The molecule has 6 nitrogen and oxygen atoms in total. The van der Waals surface area contributed by atoms with Gasteiger partial charge in [-0.15, -0.1) is 0 Å². The summed E-state index contributed by atoms with van der Waals surface area (Å²) in [5.74, 6) is -1.59. The first-order valence-electron chi connectivity index (χ1n) is 6.53. The number of nitrogens with one attached hydrogen (secondary N) is 1. The van der Waals surface area contributed by atoms with E-state index in [1.54, 1.807) is 4.90 Å². The van der Waals surface area contributed by atoms with Gasteiger partial charge in [-0.1, -0.05) is 25.1 Å². The van der Waals surface area contributed by atoms with Crippen LogP contribution in [0.3, 0.4) is 0 Å². The molecule has 1 amide bonds. The molecule has 1 aromatic carbocycles. The SMILES string of the molecule is C[C@@H]1CN(C(=O)c2n[nH]c3ccccc23)C[C@H]1C(=O)O. The van der Waals surface area contributed by atoms with Crippen LogP contribution >= 0.6 is 0 Å². The normalized spacial score (nSPS) is 22.4. The lowest BCUT2D eigenvalue weighted by Gasteiger charge is -2.14. The van der Waals surface area contributed by atoms with Crippen molar-refractivity contribution in [3.8, 4) is 0 Å². The number of H-pyrrole nitrogens is 1. The van der Waals surface area contributed by atoms with Gasteiger partial charge in [-0.05, 0) is 12.0 Å². The third-order valence-electron chi connectivity index (χ3n) is 3.89. The third-order valence-corrected chi connectivity index (χ3v) is 3.89. The first kappa shape index (κ1) is 12.7. The van der Waals surface area contributed by atoms with Crippen LogP contribution in [0, 0.1) is 11.8 Å². The monoisotopic (exact) mass is 273 g/mol. The summed E-state index contributed by atoms with van der Waals surface area (Å²) >= 11 is 0. The van der Waals surface area contributed by atoms with Crippen molar-refractivity contribution >= 4 is 22.8 Å². The quantitative estimate of drug-likeness (QED) is 0.865. The predicted octanol–water partition coefficient (Wildman–Crippen LogP) is 1.36. The highest BCUT2D eigenvalue weighted by Crippen LogP contribution is 2.26. The van der Waals surface area contributed by atoms with E-state index in [4.69, 9.17) is 5.11 Å². The Balaban J connectivity index is 1.89. The molecule has 6 heteroatoms. The number of carboxylic acids is 1. The lowest BCUT2D eigenvalue weighted by molar-refractivity contribution is -0.142. The van der Waals surface area contributed by atoms with Crippen molar-refractivity contribution in [2.24, 2.45) is 11.8 Å². The number of carboxylic acid groups (broad SMARTS) is 1. The van der Waals surface area contributed by atoms with Crippen LogP contribution in [0.1, 0.15) is 17.4 Å². The van der Waals surface area contributed by atoms with E-state index in [0.717, 1.165) is 10.9 Å². The Hall–Kier alpha value is -2.37. The topological polar surface area (TPSA) is 86.3 Å². The fourth-order valence-electron chi connectivity index (χ4n) is 2.73. The molecule has 1 aromatic heterocycles. The summed E-state index contributed by atoms with van der Waals surface area (Å²) in [6.45, 7) is 2.56. The maximum absolute atomic E-state index is 12.5. The Morgan fingerprint density at radius 2 is 2.10 bits per heavy atom. The highest BCUT2D eigenvalue weighted by atomic mass is 16.4. The maximum atomic E-state index is 12.5. The largest absolute Gasteiger partial charge is 0.481 e. The van der Waals surface area contributed by atoms with Gasteiger partial charge in [-0.25, -0.2) is 0 Å². The highest BCUT2D eigenvalue weighted by Gasteiger charge is 2.38. The third kappa shape index (κ3) is 1.93. The Morgan fingerprint density at radius 1 is 1.35 bits per heavy atom. The Morgan fingerprint density at radius 3 is 2.80 bits per heavy atom. The van der Waals surface area contributed by atoms with E-state index in [1.807, 2.05) is 31.2 Å². The number of aromatic nitrogens is 2. The number of carbonyl (C=O) groups is 2. The zero-order chi connectivity index (χ0) is 14.3. The van der Waals surface area contributed by atoms with Crippen LogP contribution in [0.5, 0.6) is 0 Å². The average Bonchev–Trinajstić information content (AvgIpc) is 3.01. The molecule has 104 valence electrons. The molecule has 2 N–H and O–H groups in total. The van der Waals surface area contributed by atoms with E-state index in [2.05, 4.69) is 10.2 Å². The minimum Gasteiger partial charge on any atom is -0.481 e. The molecular formula is C14H15N3O3. The molecule has 1 saturated heterocycles. The van der Waals surface area contributed by atoms with Crippen LogP contribution in [0.25, 0.3) is 10.9 Å². The summed E-state index contributed by atoms with van der Waals surface area (Å²) in [6, 6.07) is 7.40. The van der Waals surface area contributed by atoms with E-state index in [1.165, 1.54) is 0 Å². The molecule has 2 aromatic rings. The van der Waals surface area contributed by atoms with Crippen molar-refractivity contribution in [1.29, 1.82) is 0 Å². The fourth-order valence-corrected chi connectivity index (χ4v) is 2.73. The van der Waals surface area contributed by atoms with Crippen LogP contribution in [0.15, 0.2) is 24.3 Å². The molecule has 0 unspecified atom stereocenters. The molecule has 0 radical (unpaired) electrons. The smallest absolute Gasteiger partial charge is 0.308 e. The second-order valence-corrected chi connectivity index (χ2v) is 5.25. The van der Waals surface area contributed by atoms with Gasteiger partial charge in [-0.3, -0.25) is 14.7 Å². The number of nitrogens with zero attached hydrogens (tertiary/aromatic N) is 2. The van der Waals surface area contributed by atoms with Gasteiger partial charge in [0.1, 0.15) is 0 Å². The minimum atomic E-state index is -0.848.